The first kappa shape index (κ1) is 16.5. The van der Waals surface area contributed by atoms with E-state index in [-0.39, 0.29) is 5.91 Å². The summed E-state index contributed by atoms with van der Waals surface area (Å²) in [6, 6.07) is 12.5. The normalized spacial score (nSPS) is 10.5. The van der Waals surface area contributed by atoms with Gasteiger partial charge in [-0.15, -0.1) is 11.3 Å². The zero-order valence-corrected chi connectivity index (χ0v) is 14.7. The highest BCUT2D eigenvalue weighted by atomic mass is 35.5. The van der Waals surface area contributed by atoms with Gasteiger partial charge >= 0.3 is 0 Å². The molecule has 1 amide bonds. The molecule has 1 aromatic heterocycles. The van der Waals surface area contributed by atoms with Crippen molar-refractivity contribution in [3.63, 3.8) is 0 Å². The van der Waals surface area contributed by atoms with Crippen LogP contribution in [-0.4, -0.2) is 18.0 Å². The van der Waals surface area contributed by atoms with E-state index in [1.807, 2.05) is 36.6 Å². The van der Waals surface area contributed by atoms with Crippen LogP contribution in [0.15, 0.2) is 47.8 Å². The molecule has 2 aromatic carbocycles. The number of hydrogen-bond donors (Lipinski definition) is 1. The third-order valence-corrected chi connectivity index (χ3v) is 4.56. The van der Waals surface area contributed by atoms with Crippen LogP contribution in [0.2, 0.25) is 5.02 Å². The lowest BCUT2D eigenvalue weighted by Crippen LogP contribution is -2.12. The van der Waals surface area contributed by atoms with Crippen LogP contribution < -0.4 is 10.1 Å². The Morgan fingerprint density at radius 1 is 1.21 bits per heavy atom. The van der Waals surface area contributed by atoms with Gasteiger partial charge in [0.15, 0.2) is 0 Å². The Morgan fingerprint density at radius 2 is 1.96 bits per heavy atom. The number of halogens is 1. The fourth-order valence-electron chi connectivity index (χ4n) is 2.23. The number of benzene rings is 2. The number of methoxy groups -OCH3 is 1. The minimum atomic E-state index is -0.264. The van der Waals surface area contributed by atoms with Crippen molar-refractivity contribution in [2.45, 2.75) is 6.92 Å². The molecule has 24 heavy (non-hydrogen) atoms. The van der Waals surface area contributed by atoms with E-state index in [9.17, 15) is 4.79 Å². The Balaban J connectivity index is 1.75. The van der Waals surface area contributed by atoms with Gasteiger partial charge in [-0.1, -0.05) is 23.7 Å². The Labute approximate surface area is 149 Å². The predicted molar refractivity (Wildman–Crippen MR) is 98.2 cm³/mol. The Kier molecular flexibility index (Phi) is 4.83. The molecule has 0 bridgehead atoms. The first-order valence-electron chi connectivity index (χ1n) is 7.24. The number of nitrogens with zero attached hydrogens (tertiary/aromatic N) is 1. The highest BCUT2D eigenvalue weighted by Crippen LogP contribution is 2.25. The van der Waals surface area contributed by atoms with Gasteiger partial charge in [-0.25, -0.2) is 4.98 Å². The fourth-order valence-corrected chi connectivity index (χ4v) is 3.10. The highest BCUT2D eigenvalue weighted by Gasteiger charge is 2.12. The molecule has 0 aliphatic heterocycles. The molecule has 3 aromatic rings. The molecular weight excluding hydrogens is 344 g/mol. The number of hydrogen-bond acceptors (Lipinski definition) is 4. The van der Waals surface area contributed by atoms with Crippen LogP contribution in [0.4, 0.5) is 5.69 Å². The minimum Gasteiger partial charge on any atom is -0.497 e. The first-order valence-corrected chi connectivity index (χ1v) is 8.50. The van der Waals surface area contributed by atoms with Gasteiger partial charge in [0.2, 0.25) is 0 Å². The molecule has 0 unspecified atom stereocenters. The molecule has 1 N–H and O–H groups in total. The third-order valence-electron chi connectivity index (χ3n) is 3.48. The summed E-state index contributed by atoms with van der Waals surface area (Å²) in [4.78, 5) is 16.8. The molecule has 0 spiro atoms. The van der Waals surface area contributed by atoms with Crippen LogP contribution in [0, 0.1) is 6.92 Å². The summed E-state index contributed by atoms with van der Waals surface area (Å²) < 4.78 is 5.08. The second kappa shape index (κ2) is 7.03. The van der Waals surface area contributed by atoms with Gasteiger partial charge in [-0.3, -0.25) is 4.79 Å². The van der Waals surface area contributed by atoms with Gasteiger partial charge in [0.05, 0.1) is 28.4 Å². The highest BCUT2D eigenvalue weighted by molar-refractivity contribution is 7.09. The average molecular weight is 359 g/mol. The van der Waals surface area contributed by atoms with Crippen molar-refractivity contribution in [1.82, 2.24) is 4.98 Å². The number of amides is 1. The summed E-state index contributed by atoms with van der Waals surface area (Å²) in [5, 5.41) is 6.23. The van der Waals surface area contributed by atoms with Crippen LogP contribution in [0.25, 0.3) is 11.3 Å². The standard InChI is InChI=1S/C18H15ClN2O2S/c1-11-20-17(10-24-11)12-3-5-13(6-4-12)21-18(22)15-8-7-14(23-2)9-16(15)19/h3-10H,1-2H3,(H,21,22). The zero-order chi connectivity index (χ0) is 17.1. The van der Waals surface area contributed by atoms with Gasteiger partial charge in [0, 0.05) is 16.6 Å². The van der Waals surface area contributed by atoms with Gasteiger partial charge < -0.3 is 10.1 Å². The summed E-state index contributed by atoms with van der Waals surface area (Å²) in [5.41, 5.74) is 3.05. The van der Waals surface area contributed by atoms with Crippen molar-refractivity contribution < 1.29 is 9.53 Å². The zero-order valence-electron chi connectivity index (χ0n) is 13.2. The maximum absolute atomic E-state index is 12.3. The molecule has 0 radical (unpaired) electrons. The average Bonchev–Trinajstić information content (AvgIpc) is 3.01. The first-order chi connectivity index (χ1) is 11.6. The monoisotopic (exact) mass is 358 g/mol. The Morgan fingerprint density at radius 3 is 2.54 bits per heavy atom. The maximum Gasteiger partial charge on any atom is 0.257 e. The molecule has 0 aliphatic carbocycles. The number of rotatable bonds is 4. The molecule has 122 valence electrons. The van der Waals surface area contributed by atoms with Crippen molar-refractivity contribution in [3.8, 4) is 17.0 Å². The SMILES string of the molecule is COc1ccc(C(=O)Nc2ccc(-c3csc(C)n3)cc2)c(Cl)c1. The number of aryl methyl sites for hydroxylation is 1. The van der Waals surface area contributed by atoms with Crippen molar-refractivity contribution in [3.05, 3.63) is 63.4 Å². The van der Waals surface area contributed by atoms with E-state index in [2.05, 4.69) is 10.3 Å². The Hall–Kier alpha value is -2.37. The van der Waals surface area contributed by atoms with Crippen molar-refractivity contribution in [2.24, 2.45) is 0 Å². The quantitative estimate of drug-likeness (QED) is 0.711. The third kappa shape index (κ3) is 3.58. The van der Waals surface area contributed by atoms with E-state index in [4.69, 9.17) is 16.3 Å². The van der Waals surface area contributed by atoms with Crippen LogP contribution in [0.3, 0.4) is 0 Å². The number of nitrogens with one attached hydrogen (secondary N) is 1. The van der Waals surface area contributed by atoms with E-state index in [1.54, 1.807) is 36.6 Å². The molecular formula is C18H15ClN2O2S. The lowest BCUT2D eigenvalue weighted by Gasteiger charge is -2.08. The molecule has 6 heteroatoms. The largest absolute Gasteiger partial charge is 0.497 e. The molecule has 1 heterocycles. The smallest absolute Gasteiger partial charge is 0.257 e. The van der Waals surface area contributed by atoms with Gasteiger partial charge in [-0.05, 0) is 37.3 Å². The summed E-state index contributed by atoms with van der Waals surface area (Å²) in [6.07, 6.45) is 0. The number of ether oxygens (including phenoxy) is 1. The molecule has 0 atom stereocenters. The second-order valence-corrected chi connectivity index (χ2v) is 6.60. The lowest BCUT2D eigenvalue weighted by atomic mass is 10.1. The van der Waals surface area contributed by atoms with E-state index in [1.165, 1.54) is 0 Å². The minimum absolute atomic E-state index is 0.264. The van der Waals surface area contributed by atoms with Gasteiger partial charge in [-0.2, -0.15) is 0 Å². The van der Waals surface area contributed by atoms with E-state index in [0.717, 1.165) is 16.3 Å². The molecule has 0 aliphatic rings. The van der Waals surface area contributed by atoms with Crippen LogP contribution in [0.1, 0.15) is 15.4 Å². The predicted octanol–water partition coefficient (Wildman–Crippen LogP) is 5.03. The number of carbonyl (C=O) groups excluding carboxylic acids is 1. The van der Waals surface area contributed by atoms with Crippen LogP contribution >= 0.6 is 22.9 Å². The van der Waals surface area contributed by atoms with Gasteiger partial charge in [0.1, 0.15) is 5.75 Å². The molecule has 0 saturated carbocycles. The van der Waals surface area contributed by atoms with E-state index < -0.39 is 0 Å². The van der Waals surface area contributed by atoms with E-state index >= 15 is 0 Å². The maximum atomic E-state index is 12.3. The number of carbonyl (C=O) groups is 1. The number of anilines is 1. The van der Waals surface area contributed by atoms with Crippen LogP contribution in [0.5, 0.6) is 5.75 Å². The summed E-state index contributed by atoms with van der Waals surface area (Å²) in [7, 11) is 1.55. The fraction of sp³-hybridized carbons (Fsp3) is 0.111. The number of thiazole rings is 1. The van der Waals surface area contributed by atoms with Gasteiger partial charge in [0.25, 0.3) is 5.91 Å². The summed E-state index contributed by atoms with van der Waals surface area (Å²) in [5.74, 6) is 0.347. The van der Waals surface area contributed by atoms with Crippen molar-refractivity contribution in [1.29, 1.82) is 0 Å². The van der Waals surface area contributed by atoms with Crippen LogP contribution in [-0.2, 0) is 0 Å². The molecule has 0 saturated heterocycles. The van der Waals surface area contributed by atoms with Crippen molar-refractivity contribution >= 4 is 34.5 Å². The molecule has 3 rings (SSSR count). The van der Waals surface area contributed by atoms with Crippen molar-refractivity contribution in [2.75, 3.05) is 12.4 Å². The molecule has 4 nitrogen and oxygen atoms in total. The Bertz CT molecular complexity index is 875. The second-order valence-electron chi connectivity index (χ2n) is 5.13. The topological polar surface area (TPSA) is 51.2 Å². The lowest BCUT2D eigenvalue weighted by molar-refractivity contribution is 0.102. The molecule has 0 fully saturated rings. The summed E-state index contributed by atoms with van der Waals surface area (Å²) in [6.45, 7) is 1.97. The number of aromatic nitrogens is 1. The van der Waals surface area contributed by atoms with E-state index in [0.29, 0.717) is 22.0 Å². The summed E-state index contributed by atoms with van der Waals surface area (Å²) >= 11 is 7.74.